The van der Waals surface area contributed by atoms with Crippen LogP contribution in [-0.4, -0.2) is 79.5 Å². The molecule has 8 nitrogen and oxygen atoms in total. The molecule has 1 amide bonds. The molecule has 2 aliphatic rings. The summed E-state index contributed by atoms with van der Waals surface area (Å²) in [6, 6.07) is 3.31. The van der Waals surface area contributed by atoms with Crippen molar-refractivity contribution in [2.75, 3.05) is 32.7 Å². The number of sulfonamides is 1. The summed E-state index contributed by atoms with van der Waals surface area (Å²) in [6.45, 7) is 2.80. The van der Waals surface area contributed by atoms with E-state index in [4.69, 9.17) is 9.90 Å². The Morgan fingerprint density at radius 2 is 1.80 bits per heavy atom. The standard InChI is InChI=1S/C15H23N3O3S2.C2HF3O2/c19-14(17-9-7-16-8-10-17)12-18(13-4-1-2-5-13)23(20,21)15-6-3-11-22-15;3-2(4,5)1(6)7/h3,6,11,13,16H,1-2,4-5,7-10,12H2;(H,6,7). The van der Waals surface area contributed by atoms with Crippen LogP contribution in [0.25, 0.3) is 0 Å². The number of nitrogens with zero attached hydrogens (tertiary/aromatic N) is 2. The van der Waals surface area contributed by atoms with E-state index in [1.165, 1.54) is 15.6 Å². The number of carbonyl (C=O) groups excluding carboxylic acids is 1. The molecule has 2 fully saturated rings. The summed E-state index contributed by atoms with van der Waals surface area (Å²) < 4.78 is 59.4. The van der Waals surface area contributed by atoms with E-state index < -0.39 is 22.2 Å². The minimum absolute atomic E-state index is 0.0368. The van der Waals surface area contributed by atoms with Crippen LogP contribution in [0.3, 0.4) is 0 Å². The van der Waals surface area contributed by atoms with Crippen molar-refractivity contribution in [2.24, 2.45) is 0 Å². The molecule has 3 rings (SSSR count). The molecule has 1 saturated carbocycles. The van der Waals surface area contributed by atoms with E-state index in [0.717, 1.165) is 38.8 Å². The van der Waals surface area contributed by atoms with E-state index in [9.17, 15) is 26.4 Å². The van der Waals surface area contributed by atoms with Gasteiger partial charge in [0.1, 0.15) is 4.21 Å². The summed E-state index contributed by atoms with van der Waals surface area (Å²) in [5, 5.41) is 12.1. The lowest BCUT2D eigenvalue weighted by Gasteiger charge is -2.32. The lowest BCUT2D eigenvalue weighted by Crippen LogP contribution is -2.51. The van der Waals surface area contributed by atoms with Gasteiger partial charge in [-0.05, 0) is 24.3 Å². The van der Waals surface area contributed by atoms with Crippen LogP contribution in [0.5, 0.6) is 0 Å². The highest BCUT2D eigenvalue weighted by molar-refractivity contribution is 7.91. The van der Waals surface area contributed by atoms with Crippen molar-refractivity contribution in [1.82, 2.24) is 14.5 Å². The Kier molecular flexibility index (Phi) is 8.64. The van der Waals surface area contributed by atoms with Crippen LogP contribution in [0.1, 0.15) is 25.7 Å². The minimum atomic E-state index is -5.08. The highest BCUT2D eigenvalue weighted by atomic mass is 32.2. The molecule has 13 heteroatoms. The quantitative estimate of drug-likeness (QED) is 0.678. The third-order valence-corrected chi connectivity index (χ3v) is 8.06. The first-order chi connectivity index (χ1) is 14.0. The number of carboxylic acid groups (broad SMARTS) is 1. The Balaban J connectivity index is 0.000000396. The predicted molar refractivity (Wildman–Crippen MR) is 104 cm³/mol. The van der Waals surface area contributed by atoms with E-state index in [-0.39, 0.29) is 18.5 Å². The van der Waals surface area contributed by atoms with Gasteiger partial charge >= 0.3 is 12.1 Å². The number of hydrogen-bond acceptors (Lipinski definition) is 6. The summed E-state index contributed by atoms with van der Waals surface area (Å²) in [5.41, 5.74) is 0. The number of piperazine rings is 1. The number of thiophene rings is 1. The van der Waals surface area contributed by atoms with Crippen molar-refractivity contribution in [2.45, 2.75) is 42.1 Å². The fourth-order valence-electron chi connectivity index (χ4n) is 3.28. The molecule has 0 unspecified atom stereocenters. The number of hydrogen-bond donors (Lipinski definition) is 2. The van der Waals surface area contributed by atoms with Gasteiger partial charge in [0.25, 0.3) is 10.0 Å². The number of rotatable bonds is 5. The van der Waals surface area contributed by atoms with E-state index >= 15 is 0 Å². The molecule has 2 N–H and O–H groups in total. The van der Waals surface area contributed by atoms with Crippen molar-refractivity contribution < 1.29 is 36.3 Å². The van der Waals surface area contributed by atoms with Crippen molar-refractivity contribution in [3.05, 3.63) is 17.5 Å². The lowest BCUT2D eigenvalue weighted by molar-refractivity contribution is -0.192. The average molecular weight is 472 g/mol. The molecule has 2 heterocycles. The maximum absolute atomic E-state index is 13.0. The number of nitrogens with one attached hydrogen (secondary N) is 1. The van der Waals surface area contributed by atoms with Gasteiger partial charge in [0.2, 0.25) is 5.91 Å². The Morgan fingerprint density at radius 3 is 2.27 bits per heavy atom. The van der Waals surface area contributed by atoms with Crippen LogP contribution >= 0.6 is 11.3 Å². The average Bonchev–Trinajstić information content (AvgIpc) is 3.40. The molecule has 30 heavy (non-hydrogen) atoms. The molecule has 0 aromatic carbocycles. The van der Waals surface area contributed by atoms with Crippen LogP contribution in [0, 0.1) is 0 Å². The van der Waals surface area contributed by atoms with Gasteiger partial charge < -0.3 is 15.3 Å². The molecule has 1 aromatic heterocycles. The highest BCUT2D eigenvalue weighted by Crippen LogP contribution is 2.30. The van der Waals surface area contributed by atoms with Gasteiger partial charge in [-0.15, -0.1) is 11.3 Å². The Labute approximate surface area is 176 Å². The summed E-state index contributed by atoms with van der Waals surface area (Å²) in [5.74, 6) is -2.84. The van der Waals surface area contributed by atoms with Crippen LogP contribution in [0.2, 0.25) is 0 Å². The highest BCUT2D eigenvalue weighted by Gasteiger charge is 2.38. The lowest BCUT2D eigenvalue weighted by atomic mass is 10.2. The first kappa shape index (κ1) is 24.6. The topological polar surface area (TPSA) is 107 Å². The molecule has 1 saturated heterocycles. The first-order valence-electron chi connectivity index (χ1n) is 9.37. The Hall–Kier alpha value is -1.70. The van der Waals surface area contributed by atoms with Gasteiger partial charge in [0.15, 0.2) is 0 Å². The molecule has 0 bridgehead atoms. The maximum atomic E-state index is 13.0. The molecule has 0 spiro atoms. The van der Waals surface area contributed by atoms with Crippen molar-refractivity contribution in [1.29, 1.82) is 0 Å². The molecular formula is C17H24F3N3O5S2. The normalized spacial score (nSPS) is 18.2. The summed E-state index contributed by atoms with van der Waals surface area (Å²) in [4.78, 5) is 23.2. The second-order valence-corrected chi connectivity index (χ2v) is 9.92. The number of alkyl halides is 3. The largest absolute Gasteiger partial charge is 0.490 e. The Morgan fingerprint density at radius 1 is 1.23 bits per heavy atom. The number of carboxylic acids is 1. The van der Waals surface area contributed by atoms with Gasteiger partial charge in [0.05, 0.1) is 6.54 Å². The number of aliphatic carboxylic acids is 1. The third kappa shape index (κ3) is 6.65. The zero-order valence-corrected chi connectivity index (χ0v) is 17.7. The van der Waals surface area contributed by atoms with Crippen LogP contribution in [0.4, 0.5) is 13.2 Å². The van der Waals surface area contributed by atoms with Gasteiger partial charge in [-0.25, -0.2) is 13.2 Å². The number of carbonyl (C=O) groups is 2. The van der Waals surface area contributed by atoms with E-state index in [0.29, 0.717) is 17.3 Å². The zero-order chi connectivity index (χ0) is 22.4. The zero-order valence-electron chi connectivity index (χ0n) is 16.1. The molecular weight excluding hydrogens is 447 g/mol. The number of halogens is 3. The van der Waals surface area contributed by atoms with Gasteiger partial charge in [0, 0.05) is 32.2 Å². The third-order valence-electron chi connectivity index (χ3n) is 4.79. The fraction of sp³-hybridized carbons (Fsp3) is 0.647. The summed E-state index contributed by atoms with van der Waals surface area (Å²) >= 11 is 1.22. The molecule has 1 aromatic rings. The second kappa shape index (κ2) is 10.6. The Bertz CT molecular complexity index is 803. The van der Waals surface area contributed by atoms with Crippen molar-refractivity contribution in [3.8, 4) is 0 Å². The number of amides is 1. The predicted octanol–water partition coefficient (Wildman–Crippen LogP) is 1.75. The van der Waals surface area contributed by atoms with E-state index in [2.05, 4.69) is 5.32 Å². The fourth-order valence-corrected chi connectivity index (χ4v) is 6.03. The smallest absolute Gasteiger partial charge is 0.475 e. The molecule has 170 valence electrons. The second-order valence-electron chi connectivity index (χ2n) is 6.85. The van der Waals surface area contributed by atoms with Crippen molar-refractivity contribution in [3.63, 3.8) is 0 Å². The van der Waals surface area contributed by atoms with Crippen LogP contribution in [-0.2, 0) is 19.6 Å². The molecule has 0 radical (unpaired) electrons. The molecule has 0 atom stereocenters. The van der Waals surface area contributed by atoms with E-state index in [1.54, 1.807) is 22.4 Å². The first-order valence-corrected chi connectivity index (χ1v) is 11.7. The van der Waals surface area contributed by atoms with Crippen LogP contribution in [0.15, 0.2) is 21.7 Å². The SMILES string of the molecule is O=C(CN(C1CCCC1)S(=O)(=O)c1cccs1)N1CCNCC1.O=C(O)C(F)(F)F. The maximum Gasteiger partial charge on any atom is 0.490 e. The van der Waals surface area contributed by atoms with E-state index in [1.807, 2.05) is 0 Å². The monoisotopic (exact) mass is 471 g/mol. The van der Waals surface area contributed by atoms with Gasteiger partial charge in [-0.1, -0.05) is 18.9 Å². The van der Waals surface area contributed by atoms with Crippen LogP contribution < -0.4 is 5.32 Å². The molecule has 1 aliphatic carbocycles. The summed E-state index contributed by atoms with van der Waals surface area (Å²) in [6.07, 6.45) is -1.33. The summed E-state index contributed by atoms with van der Waals surface area (Å²) in [7, 11) is -3.59. The molecule has 1 aliphatic heterocycles. The minimum Gasteiger partial charge on any atom is -0.475 e. The van der Waals surface area contributed by atoms with Gasteiger partial charge in [-0.2, -0.15) is 17.5 Å². The van der Waals surface area contributed by atoms with Gasteiger partial charge in [-0.3, -0.25) is 4.79 Å². The van der Waals surface area contributed by atoms with Crippen molar-refractivity contribution >= 4 is 33.2 Å².